The monoisotopic (exact) mass is 272 g/mol. The summed E-state index contributed by atoms with van der Waals surface area (Å²) in [7, 11) is -3.18. The summed E-state index contributed by atoms with van der Waals surface area (Å²) >= 11 is 5.60. The standard InChI is InChI=1S/C10H22ClO4P/c1-8(2)14-16(12,15-9(3)4)7-13-10(5)6-11/h8-10H,6-7H2,1-5H3/t10-/m1/s1. The van der Waals surface area contributed by atoms with Crippen LogP contribution in [0, 0.1) is 0 Å². The summed E-state index contributed by atoms with van der Waals surface area (Å²) in [6, 6.07) is 0. The quantitative estimate of drug-likeness (QED) is 0.500. The first-order valence-electron chi connectivity index (χ1n) is 5.42. The fraction of sp³-hybridized carbons (Fsp3) is 1.00. The lowest BCUT2D eigenvalue weighted by Gasteiger charge is -2.23. The average Bonchev–Trinajstić information content (AvgIpc) is 2.11. The van der Waals surface area contributed by atoms with Crippen LogP contribution in [0.25, 0.3) is 0 Å². The largest absolute Gasteiger partial charge is 0.365 e. The Hall–Kier alpha value is 0.400. The van der Waals surface area contributed by atoms with Crippen molar-refractivity contribution in [3.05, 3.63) is 0 Å². The first-order valence-corrected chi connectivity index (χ1v) is 7.68. The lowest BCUT2D eigenvalue weighted by atomic mass is 10.5. The molecule has 16 heavy (non-hydrogen) atoms. The van der Waals surface area contributed by atoms with E-state index in [1.807, 2.05) is 6.92 Å². The Bertz CT molecular complexity index is 219. The molecule has 1 atom stereocenters. The SMILES string of the molecule is CC(C)OP(=O)(CO[C@H](C)CCl)OC(C)C. The second kappa shape index (κ2) is 7.67. The van der Waals surface area contributed by atoms with E-state index in [-0.39, 0.29) is 24.7 Å². The van der Waals surface area contributed by atoms with Crippen molar-refractivity contribution < 1.29 is 18.3 Å². The van der Waals surface area contributed by atoms with Gasteiger partial charge in [0.1, 0.15) is 6.35 Å². The molecule has 0 saturated heterocycles. The molecule has 6 heteroatoms. The van der Waals surface area contributed by atoms with E-state index in [0.717, 1.165) is 0 Å². The van der Waals surface area contributed by atoms with Gasteiger partial charge in [-0.3, -0.25) is 4.57 Å². The van der Waals surface area contributed by atoms with E-state index in [2.05, 4.69) is 0 Å². The van der Waals surface area contributed by atoms with E-state index in [1.165, 1.54) is 0 Å². The fourth-order valence-electron chi connectivity index (χ4n) is 0.991. The van der Waals surface area contributed by atoms with E-state index in [0.29, 0.717) is 5.88 Å². The van der Waals surface area contributed by atoms with Crippen molar-refractivity contribution in [2.75, 3.05) is 12.2 Å². The van der Waals surface area contributed by atoms with Crippen LogP contribution < -0.4 is 0 Å². The number of halogens is 1. The molecule has 0 aromatic carbocycles. The molecule has 0 unspecified atom stereocenters. The third kappa shape index (κ3) is 7.64. The van der Waals surface area contributed by atoms with Crippen LogP contribution in [0.4, 0.5) is 0 Å². The fourth-order valence-corrected chi connectivity index (χ4v) is 2.97. The molecule has 0 aliphatic rings. The molecule has 0 spiro atoms. The zero-order valence-corrected chi connectivity index (χ0v) is 12.3. The Labute approximate surface area is 103 Å². The molecule has 98 valence electrons. The van der Waals surface area contributed by atoms with Crippen molar-refractivity contribution in [1.29, 1.82) is 0 Å². The van der Waals surface area contributed by atoms with Crippen LogP contribution in [0.15, 0.2) is 0 Å². The molecule has 0 aliphatic carbocycles. The van der Waals surface area contributed by atoms with Crippen molar-refractivity contribution in [3.8, 4) is 0 Å². The average molecular weight is 273 g/mol. The molecule has 0 fully saturated rings. The number of alkyl halides is 1. The van der Waals surface area contributed by atoms with Crippen molar-refractivity contribution in [2.45, 2.75) is 52.9 Å². The van der Waals surface area contributed by atoms with Gasteiger partial charge in [0.25, 0.3) is 0 Å². The summed E-state index contributed by atoms with van der Waals surface area (Å²) in [5.74, 6) is 0.351. The maximum atomic E-state index is 12.2. The van der Waals surface area contributed by atoms with Gasteiger partial charge >= 0.3 is 7.60 Å². The lowest BCUT2D eigenvalue weighted by molar-refractivity contribution is 0.0726. The normalized spacial score (nSPS) is 14.8. The van der Waals surface area contributed by atoms with E-state index in [1.54, 1.807) is 27.7 Å². The number of rotatable bonds is 8. The summed E-state index contributed by atoms with van der Waals surface area (Å²) in [4.78, 5) is 0. The van der Waals surface area contributed by atoms with Gasteiger partial charge in [0.15, 0.2) is 0 Å². The van der Waals surface area contributed by atoms with Gasteiger partial charge in [0.05, 0.1) is 18.3 Å². The van der Waals surface area contributed by atoms with Gasteiger partial charge in [0.2, 0.25) is 0 Å². The number of ether oxygens (including phenoxy) is 1. The van der Waals surface area contributed by atoms with Gasteiger partial charge in [-0.2, -0.15) is 0 Å². The maximum absolute atomic E-state index is 12.2. The van der Waals surface area contributed by atoms with E-state index in [4.69, 9.17) is 25.4 Å². The van der Waals surface area contributed by atoms with Gasteiger partial charge in [-0.1, -0.05) is 0 Å². The molecule has 0 aromatic heterocycles. The molecule has 4 nitrogen and oxygen atoms in total. The van der Waals surface area contributed by atoms with E-state index >= 15 is 0 Å². The second-order valence-corrected chi connectivity index (χ2v) is 6.39. The third-order valence-corrected chi connectivity index (χ3v) is 3.86. The molecular weight excluding hydrogens is 251 g/mol. The lowest BCUT2D eigenvalue weighted by Crippen LogP contribution is -2.16. The first-order chi connectivity index (χ1) is 7.29. The summed E-state index contributed by atoms with van der Waals surface area (Å²) in [6.45, 7) is 9.04. The Kier molecular flexibility index (Phi) is 7.87. The minimum absolute atomic E-state index is 0.0583. The van der Waals surface area contributed by atoms with Crippen molar-refractivity contribution in [1.82, 2.24) is 0 Å². The number of hydrogen-bond donors (Lipinski definition) is 0. The van der Waals surface area contributed by atoms with Crippen LogP contribution in [0.2, 0.25) is 0 Å². The molecule has 0 N–H and O–H groups in total. The van der Waals surface area contributed by atoms with Crippen molar-refractivity contribution >= 4 is 19.2 Å². The smallest absolute Gasteiger partial charge is 0.356 e. The molecular formula is C10H22ClO4P. The Morgan fingerprint density at radius 3 is 1.81 bits per heavy atom. The van der Waals surface area contributed by atoms with Crippen LogP contribution >= 0.6 is 19.2 Å². The molecule has 0 aliphatic heterocycles. The second-order valence-electron chi connectivity index (χ2n) is 4.18. The van der Waals surface area contributed by atoms with Gasteiger partial charge in [-0.05, 0) is 34.6 Å². The summed E-state index contributed by atoms with van der Waals surface area (Å²) in [6.07, 6.45) is -0.558. The minimum Gasteiger partial charge on any atom is -0.365 e. The molecule has 0 bridgehead atoms. The van der Waals surface area contributed by atoms with E-state index in [9.17, 15) is 4.57 Å². The summed E-state index contributed by atoms with van der Waals surface area (Å²) < 4.78 is 28.2. The Morgan fingerprint density at radius 2 is 1.50 bits per heavy atom. The van der Waals surface area contributed by atoms with Gasteiger partial charge < -0.3 is 13.8 Å². The van der Waals surface area contributed by atoms with E-state index < -0.39 is 7.60 Å². The zero-order valence-electron chi connectivity index (χ0n) is 10.6. The molecule has 0 heterocycles. The topological polar surface area (TPSA) is 44.8 Å². The summed E-state index contributed by atoms with van der Waals surface area (Å²) in [5, 5.41) is 0. The van der Waals surface area contributed by atoms with Crippen LogP contribution in [0.5, 0.6) is 0 Å². The maximum Gasteiger partial charge on any atom is 0.356 e. The van der Waals surface area contributed by atoms with Crippen LogP contribution in [0.3, 0.4) is 0 Å². The Balaban J connectivity index is 4.36. The number of hydrogen-bond acceptors (Lipinski definition) is 4. The molecule has 0 aromatic rings. The highest BCUT2D eigenvalue weighted by molar-refractivity contribution is 7.53. The molecule has 0 radical (unpaired) electrons. The van der Waals surface area contributed by atoms with Gasteiger partial charge in [0, 0.05) is 5.88 Å². The highest BCUT2D eigenvalue weighted by Crippen LogP contribution is 2.50. The Morgan fingerprint density at radius 1 is 1.06 bits per heavy atom. The highest BCUT2D eigenvalue weighted by Gasteiger charge is 2.28. The van der Waals surface area contributed by atoms with Crippen LogP contribution in [-0.4, -0.2) is 30.5 Å². The van der Waals surface area contributed by atoms with Crippen molar-refractivity contribution in [2.24, 2.45) is 0 Å². The van der Waals surface area contributed by atoms with Gasteiger partial charge in [-0.15, -0.1) is 11.6 Å². The molecule has 0 saturated carbocycles. The predicted molar refractivity (Wildman–Crippen MR) is 66.2 cm³/mol. The first kappa shape index (κ1) is 16.4. The zero-order chi connectivity index (χ0) is 12.8. The highest BCUT2D eigenvalue weighted by atomic mass is 35.5. The summed E-state index contributed by atoms with van der Waals surface area (Å²) in [5.41, 5.74) is 0. The predicted octanol–water partition coefficient (Wildman–Crippen LogP) is 3.63. The minimum atomic E-state index is -3.18. The molecule has 0 rings (SSSR count). The molecule has 0 amide bonds. The van der Waals surface area contributed by atoms with Crippen LogP contribution in [0.1, 0.15) is 34.6 Å². The van der Waals surface area contributed by atoms with Gasteiger partial charge in [-0.25, -0.2) is 0 Å². The van der Waals surface area contributed by atoms with Crippen LogP contribution in [-0.2, 0) is 18.3 Å². The van der Waals surface area contributed by atoms with Crippen molar-refractivity contribution in [3.63, 3.8) is 0 Å². The third-order valence-electron chi connectivity index (χ3n) is 1.48.